The van der Waals surface area contributed by atoms with Crippen LogP contribution in [0.25, 0.3) is 5.69 Å². The summed E-state index contributed by atoms with van der Waals surface area (Å²) in [6.45, 7) is 1.56. The van der Waals surface area contributed by atoms with Crippen molar-refractivity contribution in [1.29, 1.82) is 0 Å². The molecule has 1 aromatic heterocycles. The second-order valence-electron chi connectivity index (χ2n) is 3.32. The van der Waals surface area contributed by atoms with Crippen molar-refractivity contribution in [3.8, 4) is 5.69 Å². The number of nitrogen functional groups attached to an aromatic ring is 1. The molecule has 2 N–H and O–H groups in total. The van der Waals surface area contributed by atoms with Crippen LogP contribution in [0.5, 0.6) is 0 Å². The van der Waals surface area contributed by atoms with E-state index >= 15 is 0 Å². The van der Waals surface area contributed by atoms with Gasteiger partial charge in [0.05, 0.1) is 10.6 Å². The highest BCUT2D eigenvalue weighted by Crippen LogP contribution is 2.27. The summed E-state index contributed by atoms with van der Waals surface area (Å²) in [6, 6.07) is 9.05. The molecule has 0 radical (unpaired) electrons. The number of rotatable bonds is 2. The topological polar surface area (TPSA) is 87.0 Å². The molecule has 0 amide bonds. The summed E-state index contributed by atoms with van der Waals surface area (Å²) in [5.74, 6) is 0.0497. The van der Waals surface area contributed by atoms with Gasteiger partial charge < -0.3 is 5.73 Å². The molecule has 0 unspecified atom stereocenters. The number of aryl methyl sites for hydroxylation is 1. The maximum Gasteiger partial charge on any atom is 0.333 e. The number of para-hydroxylation sites is 1. The Kier molecular flexibility index (Phi) is 2.32. The summed E-state index contributed by atoms with van der Waals surface area (Å²) in [7, 11) is 0. The maximum atomic E-state index is 10.8. The van der Waals surface area contributed by atoms with E-state index in [1.165, 1.54) is 4.68 Å². The SMILES string of the molecule is Cc1nn(-c2ccccc2)c(N)c1[N+](=O)[O-]. The van der Waals surface area contributed by atoms with E-state index in [0.29, 0.717) is 11.4 Å². The number of anilines is 1. The van der Waals surface area contributed by atoms with E-state index in [9.17, 15) is 10.1 Å². The van der Waals surface area contributed by atoms with Crippen molar-refractivity contribution in [1.82, 2.24) is 9.78 Å². The van der Waals surface area contributed by atoms with Crippen LogP contribution >= 0.6 is 0 Å². The summed E-state index contributed by atoms with van der Waals surface area (Å²) < 4.78 is 1.37. The Hall–Kier alpha value is -2.37. The first-order valence-electron chi connectivity index (χ1n) is 4.66. The third-order valence-electron chi connectivity index (χ3n) is 2.25. The maximum absolute atomic E-state index is 10.8. The van der Waals surface area contributed by atoms with Gasteiger partial charge in [-0.25, -0.2) is 4.68 Å². The van der Waals surface area contributed by atoms with Gasteiger partial charge in [-0.1, -0.05) is 18.2 Å². The number of hydrogen-bond donors (Lipinski definition) is 1. The first-order valence-corrected chi connectivity index (χ1v) is 4.66. The third-order valence-corrected chi connectivity index (χ3v) is 2.25. The highest BCUT2D eigenvalue weighted by atomic mass is 16.6. The number of benzene rings is 1. The monoisotopic (exact) mass is 218 g/mol. The Labute approximate surface area is 91.5 Å². The van der Waals surface area contributed by atoms with Crippen LogP contribution in [0.4, 0.5) is 11.5 Å². The predicted octanol–water partition coefficient (Wildman–Crippen LogP) is 1.67. The van der Waals surface area contributed by atoms with E-state index in [-0.39, 0.29) is 11.5 Å². The van der Waals surface area contributed by atoms with Crippen LogP contribution in [0.3, 0.4) is 0 Å². The molecule has 1 aromatic carbocycles. The molecule has 82 valence electrons. The highest BCUT2D eigenvalue weighted by molar-refractivity contribution is 5.59. The molecule has 0 atom stereocenters. The lowest BCUT2D eigenvalue weighted by molar-refractivity contribution is -0.384. The molecule has 16 heavy (non-hydrogen) atoms. The highest BCUT2D eigenvalue weighted by Gasteiger charge is 2.23. The van der Waals surface area contributed by atoms with Gasteiger partial charge in [0, 0.05) is 0 Å². The first kappa shape index (κ1) is 10.2. The zero-order valence-electron chi connectivity index (χ0n) is 8.62. The summed E-state index contributed by atoms with van der Waals surface area (Å²) in [6.07, 6.45) is 0. The Morgan fingerprint density at radius 2 is 2.00 bits per heavy atom. The van der Waals surface area contributed by atoms with E-state index in [0.717, 1.165) is 0 Å². The van der Waals surface area contributed by atoms with E-state index in [4.69, 9.17) is 5.73 Å². The molecular formula is C10H10N4O2. The van der Waals surface area contributed by atoms with Gasteiger partial charge in [0.15, 0.2) is 0 Å². The molecule has 0 fully saturated rings. The Balaban J connectivity index is 2.61. The van der Waals surface area contributed by atoms with Gasteiger partial charge in [-0.15, -0.1) is 0 Å². The molecule has 0 saturated heterocycles. The summed E-state index contributed by atoms with van der Waals surface area (Å²) >= 11 is 0. The fourth-order valence-corrected chi connectivity index (χ4v) is 1.53. The number of aromatic nitrogens is 2. The van der Waals surface area contributed by atoms with E-state index in [1.54, 1.807) is 19.1 Å². The van der Waals surface area contributed by atoms with Gasteiger partial charge in [0.1, 0.15) is 5.69 Å². The number of hydrogen-bond acceptors (Lipinski definition) is 4. The molecule has 0 spiro atoms. The molecule has 0 aliphatic rings. The number of nitro groups is 1. The van der Waals surface area contributed by atoms with Crippen molar-refractivity contribution in [3.63, 3.8) is 0 Å². The van der Waals surface area contributed by atoms with Gasteiger partial charge in [-0.05, 0) is 19.1 Å². The molecular weight excluding hydrogens is 208 g/mol. The molecule has 1 heterocycles. The zero-order chi connectivity index (χ0) is 11.7. The van der Waals surface area contributed by atoms with Crippen molar-refractivity contribution < 1.29 is 4.92 Å². The van der Waals surface area contributed by atoms with Crippen LogP contribution in [0.2, 0.25) is 0 Å². The molecule has 0 saturated carbocycles. The van der Waals surface area contributed by atoms with E-state index < -0.39 is 4.92 Å². The van der Waals surface area contributed by atoms with E-state index in [1.807, 2.05) is 18.2 Å². The Bertz CT molecular complexity index is 533. The predicted molar refractivity (Wildman–Crippen MR) is 59.4 cm³/mol. The van der Waals surface area contributed by atoms with Crippen molar-refractivity contribution in [2.75, 3.05) is 5.73 Å². The van der Waals surface area contributed by atoms with Crippen molar-refractivity contribution in [2.24, 2.45) is 0 Å². The van der Waals surface area contributed by atoms with Crippen LogP contribution in [0.15, 0.2) is 30.3 Å². The summed E-state index contributed by atoms with van der Waals surface area (Å²) in [4.78, 5) is 10.2. The molecule has 0 bridgehead atoms. The lowest BCUT2D eigenvalue weighted by Crippen LogP contribution is -2.02. The summed E-state index contributed by atoms with van der Waals surface area (Å²) in [5.41, 5.74) is 6.58. The van der Waals surface area contributed by atoms with Gasteiger partial charge in [-0.2, -0.15) is 5.10 Å². The zero-order valence-corrected chi connectivity index (χ0v) is 8.62. The van der Waals surface area contributed by atoms with E-state index in [2.05, 4.69) is 5.10 Å². The average molecular weight is 218 g/mol. The fourth-order valence-electron chi connectivity index (χ4n) is 1.53. The van der Waals surface area contributed by atoms with Crippen LogP contribution < -0.4 is 5.73 Å². The lowest BCUT2D eigenvalue weighted by atomic mass is 10.3. The fraction of sp³-hybridized carbons (Fsp3) is 0.100. The minimum absolute atomic E-state index is 0.0497. The normalized spacial score (nSPS) is 10.3. The molecule has 6 heteroatoms. The molecule has 0 aliphatic heterocycles. The Morgan fingerprint density at radius 1 is 1.38 bits per heavy atom. The largest absolute Gasteiger partial charge is 0.378 e. The van der Waals surface area contributed by atoms with Crippen LogP contribution in [0, 0.1) is 17.0 Å². The second kappa shape index (κ2) is 3.65. The average Bonchev–Trinajstić information content (AvgIpc) is 2.55. The second-order valence-corrected chi connectivity index (χ2v) is 3.32. The smallest absolute Gasteiger partial charge is 0.333 e. The lowest BCUT2D eigenvalue weighted by Gasteiger charge is -2.01. The molecule has 2 rings (SSSR count). The first-order chi connectivity index (χ1) is 7.61. The van der Waals surface area contributed by atoms with Crippen LogP contribution in [0.1, 0.15) is 5.69 Å². The Morgan fingerprint density at radius 3 is 2.50 bits per heavy atom. The molecule has 2 aromatic rings. The molecule has 6 nitrogen and oxygen atoms in total. The quantitative estimate of drug-likeness (QED) is 0.613. The number of nitrogens with zero attached hydrogens (tertiary/aromatic N) is 3. The van der Waals surface area contributed by atoms with Crippen molar-refractivity contribution >= 4 is 11.5 Å². The van der Waals surface area contributed by atoms with Gasteiger partial charge in [0.25, 0.3) is 0 Å². The van der Waals surface area contributed by atoms with Gasteiger partial charge >= 0.3 is 5.69 Å². The van der Waals surface area contributed by atoms with Crippen LogP contribution in [-0.4, -0.2) is 14.7 Å². The van der Waals surface area contributed by atoms with Crippen molar-refractivity contribution in [2.45, 2.75) is 6.92 Å². The van der Waals surface area contributed by atoms with Gasteiger partial charge in [0.2, 0.25) is 5.82 Å². The minimum atomic E-state index is -0.517. The van der Waals surface area contributed by atoms with Crippen LogP contribution in [-0.2, 0) is 0 Å². The number of nitrogens with two attached hydrogens (primary N) is 1. The standard InChI is InChI=1S/C10H10N4O2/c1-7-9(14(15)16)10(11)13(12-7)8-5-3-2-4-6-8/h2-6H,11H2,1H3. The third kappa shape index (κ3) is 1.50. The van der Waals surface area contributed by atoms with Crippen molar-refractivity contribution in [3.05, 3.63) is 46.1 Å². The van der Waals surface area contributed by atoms with Gasteiger partial charge in [-0.3, -0.25) is 10.1 Å². The summed E-state index contributed by atoms with van der Waals surface area (Å²) in [5, 5.41) is 14.8. The molecule has 0 aliphatic carbocycles. The minimum Gasteiger partial charge on any atom is -0.378 e.